The van der Waals surface area contributed by atoms with Crippen molar-refractivity contribution < 1.29 is 0 Å². The maximum absolute atomic E-state index is 12.3. The van der Waals surface area contributed by atoms with E-state index in [0.29, 0.717) is 17.0 Å². The van der Waals surface area contributed by atoms with Crippen molar-refractivity contribution in [1.82, 2.24) is 14.2 Å². The van der Waals surface area contributed by atoms with Crippen molar-refractivity contribution in [2.45, 2.75) is 0 Å². The average Bonchev–Trinajstić information content (AvgIpc) is 2.64. The molecule has 0 spiro atoms. The van der Waals surface area contributed by atoms with E-state index in [1.165, 1.54) is 0 Å². The molecule has 1 aliphatic rings. The van der Waals surface area contributed by atoms with Gasteiger partial charge in [0.2, 0.25) is 0 Å². The molecule has 1 fully saturated rings. The van der Waals surface area contributed by atoms with Crippen molar-refractivity contribution in [3.05, 3.63) is 22.7 Å². The van der Waals surface area contributed by atoms with Gasteiger partial charge in [-0.1, -0.05) is 0 Å². The Labute approximate surface area is 108 Å². The van der Waals surface area contributed by atoms with E-state index in [9.17, 15) is 4.79 Å². The molecule has 0 unspecified atom stereocenters. The van der Waals surface area contributed by atoms with Gasteiger partial charge in [0, 0.05) is 31.6 Å². The van der Waals surface area contributed by atoms with E-state index in [0.717, 1.165) is 24.6 Å². The first-order chi connectivity index (χ1) is 8.68. The molecule has 3 rings (SSSR count). The van der Waals surface area contributed by atoms with Crippen LogP contribution in [0, 0.1) is 0 Å². The van der Waals surface area contributed by atoms with Gasteiger partial charge < -0.3 is 10.6 Å². The number of aromatic nitrogens is 3. The quantitative estimate of drug-likeness (QED) is 0.796. The molecule has 2 aromatic rings. The average molecular weight is 265 g/mol. The molecule has 0 radical (unpaired) electrons. The first kappa shape index (κ1) is 11.5. The summed E-state index contributed by atoms with van der Waals surface area (Å²) in [6.45, 7) is 1.79. The van der Waals surface area contributed by atoms with Crippen LogP contribution in [0.1, 0.15) is 0 Å². The molecule has 7 heteroatoms. The topological polar surface area (TPSA) is 68.6 Å². The first-order valence-corrected chi connectivity index (χ1v) is 6.99. The summed E-state index contributed by atoms with van der Waals surface area (Å²) in [5, 5.41) is 0. The molecule has 96 valence electrons. The minimum atomic E-state index is -0.0139. The predicted molar refractivity (Wildman–Crippen MR) is 74.4 cm³/mol. The number of nitrogen functional groups attached to an aromatic ring is 1. The Morgan fingerprint density at radius 3 is 2.83 bits per heavy atom. The van der Waals surface area contributed by atoms with Crippen molar-refractivity contribution >= 4 is 28.8 Å². The molecule has 2 N–H and O–H groups in total. The third kappa shape index (κ3) is 1.66. The Kier molecular flexibility index (Phi) is 2.70. The zero-order chi connectivity index (χ0) is 12.7. The second kappa shape index (κ2) is 4.24. The van der Waals surface area contributed by atoms with Gasteiger partial charge in [0.05, 0.1) is 18.1 Å². The van der Waals surface area contributed by atoms with Crippen LogP contribution in [0.4, 0.5) is 11.4 Å². The SMILES string of the molecule is Cn1c(=O)c(N2CCSCC2)c2ncc(N)cn21. The number of aryl methyl sites for hydroxylation is 1. The molecule has 0 bridgehead atoms. The summed E-state index contributed by atoms with van der Waals surface area (Å²) >= 11 is 1.92. The van der Waals surface area contributed by atoms with Crippen LogP contribution >= 0.6 is 11.8 Å². The maximum atomic E-state index is 12.3. The molecule has 0 atom stereocenters. The summed E-state index contributed by atoms with van der Waals surface area (Å²) in [7, 11) is 1.73. The van der Waals surface area contributed by atoms with E-state index in [2.05, 4.69) is 9.88 Å². The van der Waals surface area contributed by atoms with E-state index in [1.807, 2.05) is 11.8 Å². The van der Waals surface area contributed by atoms with Crippen molar-refractivity contribution in [2.75, 3.05) is 35.2 Å². The molecular formula is C11H15N5OS. The Morgan fingerprint density at radius 1 is 1.39 bits per heavy atom. The molecule has 2 aromatic heterocycles. The number of fused-ring (bicyclic) bond motifs is 1. The van der Waals surface area contributed by atoms with Crippen LogP contribution in [0.3, 0.4) is 0 Å². The third-order valence-corrected chi connectivity index (χ3v) is 4.13. The van der Waals surface area contributed by atoms with Gasteiger partial charge in [-0.25, -0.2) is 14.2 Å². The highest BCUT2D eigenvalue weighted by molar-refractivity contribution is 7.99. The number of anilines is 2. The van der Waals surface area contributed by atoms with Gasteiger partial charge in [-0.3, -0.25) is 4.79 Å². The smallest absolute Gasteiger partial charge is 0.292 e. The normalized spacial score (nSPS) is 16.4. The Morgan fingerprint density at radius 2 is 2.11 bits per heavy atom. The molecule has 1 aliphatic heterocycles. The number of nitrogens with zero attached hydrogens (tertiary/aromatic N) is 4. The van der Waals surface area contributed by atoms with Gasteiger partial charge in [0.25, 0.3) is 5.56 Å². The zero-order valence-electron chi connectivity index (χ0n) is 10.2. The molecule has 18 heavy (non-hydrogen) atoms. The molecule has 3 heterocycles. The summed E-state index contributed by atoms with van der Waals surface area (Å²) in [6.07, 6.45) is 3.32. The fraction of sp³-hybridized carbons (Fsp3) is 0.455. The van der Waals surface area contributed by atoms with E-state index in [1.54, 1.807) is 28.6 Å². The lowest BCUT2D eigenvalue weighted by Crippen LogP contribution is -2.35. The molecule has 0 aromatic carbocycles. The van der Waals surface area contributed by atoms with Gasteiger partial charge in [0.1, 0.15) is 5.69 Å². The van der Waals surface area contributed by atoms with Crippen molar-refractivity contribution in [1.29, 1.82) is 0 Å². The highest BCUT2D eigenvalue weighted by Gasteiger charge is 2.21. The number of hydrogen-bond acceptors (Lipinski definition) is 5. The summed E-state index contributed by atoms with van der Waals surface area (Å²) in [6, 6.07) is 0. The van der Waals surface area contributed by atoms with Crippen LogP contribution < -0.4 is 16.2 Å². The lowest BCUT2D eigenvalue weighted by molar-refractivity contribution is 0.676. The highest BCUT2D eigenvalue weighted by Crippen LogP contribution is 2.20. The molecule has 0 saturated carbocycles. The summed E-state index contributed by atoms with van der Waals surface area (Å²) in [4.78, 5) is 18.7. The Bertz CT molecular complexity index is 641. The summed E-state index contributed by atoms with van der Waals surface area (Å²) in [5.74, 6) is 2.10. The van der Waals surface area contributed by atoms with Gasteiger partial charge in [0.15, 0.2) is 5.65 Å². The number of rotatable bonds is 1. The van der Waals surface area contributed by atoms with Crippen LogP contribution in [-0.2, 0) is 7.05 Å². The number of hydrogen-bond donors (Lipinski definition) is 1. The predicted octanol–water partition coefficient (Wildman–Crippen LogP) is 0.168. The summed E-state index contributed by atoms with van der Waals surface area (Å²) in [5.41, 5.74) is 7.63. The van der Waals surface area contributed by atoms with Crippen molar-refractivity contribution in [2.24, 2.45) is 7.05 Å². The summed E-state index contributed by atoms with van der Waals surface area (Å²) < 4.78 is 3.27. The monoisotopic (exact) mass is 265 g/mol. The molecule has 0 amide bonds. The van der Waals surface area contributed by atoms with Gasteiger partial charge in [-0.05, 0) is 0 Å². The minimum Gasteiger partial charge on any atom is -0.396 e. The minimum absolute atomic E-state index is 0.0139. The lowest BCUT2D eigenvalue weighted by atomic mass is 10.4. The molecular weight excluding hydrogens is 250 g/mol. The van der Waals surface area contributed by atoms with Crippen molar-refractivity contribution in [3.63, 3.8) is 0 Å². The second-order valence-electron chi connectivity index (χ2n) is 4.33. The van der Waals surface area contributed by atoms with Gasteiger partial charge >= 0.3 is 0 Å². The van der Waals surface area contributed by atoms with Crippen LogP contribution in [-0.4, -0.2) is 38.8 Å². The molecule has 1 saturated heterocycles. The first-order valence-electron chi connectivity index (χ1n) is 5.84. The molecule has 6 nitrogen and oxygen atoms in total. The number of nitrogens with two attached hydrogens (primary N) is 1. The van der Waals surface area contributed by atoms with Crippen LogP contribution in [0.15, 0.2) is 17.2 Å². The Hall–Kier alpha value is -1.63. The largest absolute Gasteiger partial charge is 0.396 e. The fourth-order valence-electron chi connectivity index (χ4n) is 2.24. The van der Waals surface area contributed by atoms with Gasteiger partial charge in [-0.15, -0.1) is 0 Å². The van der Waals surface area contributed by atoms with Crippen LogP contribution in [0.2, 0.25) is 0 Å². The second-order valence-corrected chi connectivity index (χ2v) is 5.56. The standard InChI is InChI=1S/C11H15N5OS/c1-14-11(17)9(15-2-4-18-5-3-15)10-13-6-8(12)7-16(10)14/h6-7H,2-5,12H2,1H3. The Balaban J connectivity index is 2.22. The van der Waals surface area contributed by atoms with Crippen LogP contribution in [0.25, 0.3) is 5.65 Å². The van der Waals surface area contributed by atoms with Crippen molar-refractivity contribution in [3.8, 4) is 0 Å². The third-order valence-electron chi connectivity index (χ3n) is 3.18. The fourth-order valence-corrected chi connectivity index (χ4v) is 3.14. The van der Waals surface area contributed by atoms with E-state index < -0.39 is 0 Å². The van der Waals surface area contributed by atoms with E-state index >= 15 is 0 Å². The zero-order valence-corrected chi connectivity index (χ0v) is 11.0. The maximum Gasteiger partial charge on any atom is 0.292 e. The number of thioether (sulfide) groups is 1. The van der Waals surface area contributed by atoms with E-state index in [-0.39, 0.29) is 5.56 Å². The van der Waals surface area contributed by atoms with E-state index in [4.69, 9.17) is 5.73 Å². The molecule has 0 aliphatic carbocycles. The lowest BCUT2D eigenvalue weighted by Gasteiger charge is -2.26. The van der Waals surface area contributed by atoms with Crippen LogP contribution in [0.5, 0.6) is 0 Å². The van der Waals surface area contributed by atoms with Gasteiger partial charge in [-0.2, -0.15) is 11.8 Å². The highest BCUT2D eigenvalue weighted by atomic mass is 32.2.